The molecule has 0 radical (unpaired) electrons. The molecule has 1 aliphatic heterocycles. The van der Waals surface area contributed by atoms with Crippen LogP contribution in [0.15, 0.2) is 0 Å². The van der Waals surface area contributed by atoms with Crippen LogP contribution in [0.2, 0.25) is 0 Å². The van der Waals surface area contributed by atoms with Gasteiger partial charge in [-0.05, 0) is 44.7 Å². The number of hydrogen-bond donors (Lipinski definition) is 2. The second kappa shape index (κ2) is 7.10. The zero-order chi connectivity index (χ0) is 12.8. The van der Waals surface area contributed by atoms with E-state index in [0.29, 0.717) is 12.3 Å². The Morgan fingerprint density at radius 2 is 1.89 bits per heavy atom. The molecule has 0 aromatic rings. The summed E-state index contributed by atoms with van der Waals surface area (Å²) in [5.74, 6) is 0.741. The smallest absolute Gasteiger partial charge is 0.221 e. The lowest BCUT2D eigenvalue weighted by Crippen LogP contribution is -2.38. The third-order valence-electron chi connectivity index (χ3n) is 4.10. The maximum absolute atomic E-state index is 11.7. The third-order valence-corrected chi connectivity index (χ3v) is 4.10. The predicted octanol–water partition coefficient (Wildman–Crippen LogP) is 1.11. The second-order valence-electron chi connectivity index (χ2n) is 5.81. The summed E-state index contributed by atoms with van der Waals surface area (Å²) in [6.07, 6.45) is 8.26. The maximum Gasteiger partial charge on any atom is 0.221 e. The minimum atomic E-state index is 0.0863. The standard InChI is InChI=1S/C14H27N3O/c15-13(12-5-6-12)11-14(18)16-7-10-17-8-3-1-2-4-9-17/h12-13H,1-11,15H2,(H,16,18). The highest BCUT2D eigenvalue weighted by atomic mass is 16.1. The zero-order valence-electron chi connectivity index (χ0n) is 11.4. The van der Waals surface area contributed by atoms with Crippen molar-refractivity contribution in [2.45, 2.75) is 51.0 Å². The van der Waals surface area contributed by atoms with E-state index in [1.165, 1.54) is 51.6 Å². The van der Waals surface area contributed by atoms with E-state index in [1.807, 2.05) is 0 Å². The summed E-state index contributed by atoms with van der Waals surface area (Å²) >= 11 is 0. The number of amides is 1. The number of hydrogen-bond acceptors (Lipinski definition) is 3. The first-order valence-electron chi connectivity index (χ1n) is 7.50. The predicted molar refractivity (Wildman–Crippen MR) is 73.2 cm³/mol. The highest BCUT2D eigenvalue weighted by Crippen LogP contribution is 2.32. The van der Waals surface area contributed by atoms with E-state index in [2.05, 4.69) is 10.2 Å². The van der Waals surface area contributed by atoms with Gasteiger partial charge in [0.15, 0.2) is 0 Å². The Bertz CT molecular complexity index is 258. The van der Waals surface area contributed by atoms with E-state index in [9.17, 15) is 4.79 Å². The van der Waals surface area contributed by atoms with Crippen molar-refractivity contribution in [3.05, 3.63) is 0 Å². The molecule has 1 amide bonds. The quantitative estimate of drug-likeness (QED) is 0.745. The fourth-order valence-corrected chi connectivity index (χ4v) is 2.69. The SMILES string of the molecule is NC(CC(=O)NCCN1CCCCCC1)C1CC1. The molecule has 2 fully saturated rings. The van der Waals surface area contributed by atoms with Gasteiger partial charge in [0.2, 0.25) is 5.91 Å². The summed E-state index contributed by atoms with van der Waals surface area (Å²) < 4.78 is 0. The van der Waals surface area contributed by atoms with Crippen LogP contribution in [0.5, 0.6) is 0 Å². The first kappa shape index (κ1) is 13.8. The minimum Gasteiger partial charge on any atom is -0.355 e. The fraction of sp³-hybridized carbons (Fsp3) is 0.929. The molecule has 0 aromatic heterocycles. The van der Waals surface area contributed by atoms with Crippen LogP contribution in [-0.2, 0) is 4.79 Å². The molecule has 4 heteroatoms. The number of rotatable bonds is 6. The number of nitrogens with zero attached hydrogens (tertiary/aromatic N) is 1. The Hall–Kier alpha value is -0.610. The van der Waals surface area contributed by atoms with Crippen LogP contribution in [0.4, 0.5) is 0 Å². The van der Waals surface area contributed by atoms with Crippen molar-refractivity contribution in [3.63, 3.8) is 0 Å². The molecule has 1 saturated heterocycles. The lowest BCUT2D eigenvalue weighted by molar-refractivity contribution is -0.121. The van der Waals surface area contributed by atoms with Crippen LogP contribution in [0.1, 0.15) is 44.9 Å². The Balaban J connectivity index is 1.54. The molecule has 1 saturated carbocycles. The van der Waals surface area contributed by atoms with Gasteiger partial charge in [-0.1, -0.05) is 12.8 Å². The van der Waals surface area contributed by atoms with Gasteiger partial charge >= 0.3 is 0 Å². The molecule has 0 aromatic carbocycles. The van der Waals surface area contributed by atoms with Crippen molar-refractivity contribution in [1.82, 2.24) is 10.2 Å². The highest BCUT2D eigenvalue weighted by molar-refractivity contribution is 5.76. The molecule has 0 bridgehead atoms. The molecule has 18 heavy (non-hydrogen) atoms. The molecular weight excluding hydrogens is 226 g/mol. The molecule has 1 aliphatic carbocycles. The molecule has 1 heterocycles. The molecule has 0 spiro atoms. The maximum atomic E-state index is 11.7. The lowest BCUT2D eigenvalue weighted by Gasteiger charge is -2.20. The van der Waals surface area contributed by atoms with E-state index in [0.717, 1.165) is 13.1 Å². The summed E-state index contributed by atoms with van der Waals surface area (Å²) in [5.41, 5.74) is 5.94. The molecule has 104 valence electrons. The van der Waals surface area contributed by atoms with E-state index < -0.39 is 0 Å². The molecule has 1 unspecified atom stereocenters. The van der Waals surface area contributed by atoms with Crippen molar-refractivity contribution < 1.29 is 4.79 Å². The molecule has 2 aliphatic rings. The van der Waals surface area contributed by atoms with Gasteiger partial charge in [0, 0.05) is 25.6 Å². The van der Waals surface area contributed by atoms with Gasteiger partial charge in [0.25, 0.3) is 0 Å². The molecular formula is C14H27N3O. The average Bonchev–Trinajstić information content (AvgIpc) is 3.17. The van der Waals surface area contributed by atoms with Gasteiger partial charge < -0.3 is 16.0 Å². The van der Waals surface area contributed by atoms with Crippen molar-refractivity contribution in [2.24, 2.45) is 11.7 Å². The van der Waals surface area contributed by atoms with Gasteiger partial charge in [-0.25, -0.2) is 0 Å². The van der Waals surface area contributed by atoms with E-state index in [-0.39, 0.29) is 11.9 Å². The van der Waals surface area contributed by atoms with Crippen LogP contribution in [-0.4, -0.2) is 43.0 Å². The lowest BCUT2D eigenvalue weighted by atomic mass is 10.1. The minimum absolute atomic E-state index is 0.0863. The van der Waals surface area contributed by atoms with Gasteiger partial charge in [-0.15, -0.1) is 0 Å². The number of likely N-dealkylation sites (tertiary alicyclic amines) is 1. The van der Waals surface area contributed by atoms with Crippen LogP contribution < -0.4 is 11.1 Å². The monoisotopic (exact) mass is 253 g/mol. The summed E-state index contributed by atoms with van der Waals surface area (Å²) in [4.78, 5) is 14.2. The van der Waals surface area contributed by atoms with E-state index in [4.69, 9.17) is 5.73 Å². The summed E-state index contributed by atoms with van der Waals surface area (Å²) in [5, 5.41) is 3.00. The van der Waals surface area contributed by atoms with Crippen LogP contribution >= 0.6 is 0 Å². The Morgan fingerprint density at radius 3 is 2.50 bits per heavy atom. The highest BCUT2D eigenvalue weighted by Gasteiger charge is 2.29. The fourth-order valence-electron chi connectivity index (χ4n) is 2.69. The second-order valence-corrected chi connectivity index (χ2v) is 5.81. The Kier molecular flexibility index (Phi) is 5.45. The van der Waals surface area contributed by atoms with Gasteiger partial charge in [-0.2, -0.15) is 0 Å². The molecule has 2 rings (SSSR count). The largest absolute Gasteiger partial charge is 0.355 e. The van der Waals surface area contributed by atoms with Crippen LogP contribution in [0.3, 0.4) is 0 Å². The Morgan fingerprint density at radius 1 is 1.22 bits per heavy atom. The molecule has 4 nitrogen and oxygen atoms in total. The van der Waals surface area contributed by atoms with Crippen LogP contribution in [0, 0.1) is 5.92 Å². The molecule has 1 atom stereocenters. The summed E-state index contributed by atoms with van der Waals surface area (Å²) in [6, 6.07) is 0.0863. The first-order valence-corrected chi connectivity index (χ1v) is 7.50. The van der Waals surface area contributed by atoms with E-state index in [1.54, 1.807) is 0 Å². The van der Waals surface area contributed by atoms with Gasteiger partial charge in [0.1, 0.15) is 0 Å². The summed E-state index contributed by atoms with van der Waals surface area (Å²) in [6.45, 7) is 4.15. The average molecular weight is 253 g/mol. The Labute approximate surface area is 110 Å². The van der Waals surface area contributed by atoms with Gasteiger partial charge in [0.05, 0.1) is 0 Å². The zero-order valence-corrected chi connectivity index (χ0v) is 11.4. The van der Waals surface area contributed by atoms with Crippen LogP contribution in [0.25, 0.3) is 0 Å². The topological polar surface area (TPSA) is 58.4 Å². The van der Waals surface area contributed by atoms with Crippen molar-refractivity contribution in [2.75, 3.05) is 26.2 Å². The van der Waals surface area contributed by atoms with E-state index >= 15 is 0 Å². The summed E-state index contributed by atoms with van der Waals surface area (Å²) in [7, 11) is 0. The molecule has 3 N–H and O–H groups in total. The first-order chi connectivity index (χ1) is 8.75. The number of carbonyl (C=O) groups is 1. The normalized spacial score (nSPS) is 23.4. The van der Waals surface area contributed by atoms with Crippen molar-refractivity contribution >= 4 is 5.91 Å². The number of nitrogens with one attached hydrogen (secondary N) is 1. The van der Waals surface area contributed by atoms with Crippen molar-refractivity contribution in [1.29, 1.82) is 0 Å². The van der Waals surface area contributed by atoms with Gasteiger partial charge in [-0.3, -0.25) is 4.79 Å². The van der Waals surface area contributed by atoms with Crippen molar-refractivity contribution in [3.8, 4) is 0 Å². The third kappa shape index (κ3) is 4.94. The number of nitrogens with two attached hydrogens (primary N) is 1. The number of carbonyl (C=O) groups excluding carboxylic acids is 1.